The molecular weight excluding hydrogens is 729 g/mol. The third-order valence-electron chi connectivity index (χ3n) is 13.2. The van der Waals surface area contributed by atoms with Gasteiger partial charge in [0.15, 0.2) is 0 Å². The second kappa shape index (κ2) is 19.7. The van der Waals surface area contributed by atoms with E-state index in [-0.39, 0.29) is 49.4 Å². The van der Waals surface area contributed by atoms with E-state index in [0.717, 1.165) is 84.1 Å². The summed E-state index contributed by atoms with van der Waals surface area (Å²) in [5.74, 6) is 1.55. The first-order valence-electron chi connectivity index (χ1n) is 22.0. The topological polar surface area (TPSA) is 110 Å². The number of allylic oxidation sites excluding steroid dienone is 1. The molecule has 7 rings (SSSR count). The summed E-state index contributed by atoms with van der Waals surface area (Å²) in [7, 11) is 1.59. The van der Waals surface area contributed by atoms with Crippen molar-refractivity contribution in [3.05, 3.63) is 90.5 Å². The van der Waals surface area contributed by atoms with Crippen LogP contribution < -0.4 is 9.47 Å². The van der Waals surface area contributed by atoms with E-state index in [1.807, 2.05) is 35.2 Å². The molecule has 0 saturated heterocycles. The zero-order valence-electron chi connectivity index (χ0n) is 34.7. The molecule has 3 aromatic carbocycles. The number of hydrogen-bond donors (Lipinski definition) is 2. The van der Waals surface area contributed by atoms with Gasteiger partial charge in [0.1, 0.15) is 30.4 Å². The number of benzene rings is 3. The number of unbranched alkanes of at least 4 members (excludes halogenated alkanes) is 2. The summed E-state index contributed by atoms with van der Waals surface area (Å²) < 4.78 is 21.1. The minimum atomic E-state index is -1.24. The monoisotopic (exact) mass is 792 g/mol. The second-order valence-corrected chi connectivity index (χ2v) is 16.8. The van der Waals surface area contributed by atoms with Gasteiger partial charge in [-0.3, -0.25) is 4.79 Å². The van der Waals surface area contributed by atoms with Gasteiger partial charge < -0.3 is 34.2 Å². The Morgan fingerprint density at radius 2 is 1.71 bits per heavy atom. The van der Waals surface area contributed by atoms with E-state index < -0.39 is 11.8 Å². The highest BCUT2D eigenvalue weighted by molar-refractivity contribution is 6.03. The number of oxime groups is 1. The Kier molecular flexibility index (Phi) is 14.3. The Morgan fingerprint density at radius 1 is 0.966 bits per heavy atom. The summed E-state index contributed by atoms with van der Waals surface area (Å²) in [6, 6.07) is 20.1. The van der Waals surface area contributed by atoms with Gasteiger partial charge >= 0.3 is 0 Å². The first-order valence-corrected chi connectivity index (χ1v) is 22.0. The molecule has 6 atom stereocenters. The molecule has 4 aliphatic rings. The molecule has 9 nitrogen and oxygen atoms in total. The van der Waals surface area contributed by atoms with Gasteiger partial charge in [-0.05, 0) is 103 Å². The minimum Gasteiger partial charge on any atom is -0.459 e. The van der Waals surface area contributed by atoms with Gasteiger partial charge in [-0.2, -0.15) is 0 Å². The zero-order chi connectivity index (χ0) is 40.5. The van der Waals surface area contributed by atoms with Gasteiger partial charge in [0.25, 0.3) is 0 Å². The lowest BCUT2D eigenvalue weighted by molar-refractivity contribution is -0.257. The van der Waals surface area contributed by atoms with Crippen LogP contribution in [-0.2, 0) is 14.4 Å². The van der Waals surface area contributed by atoms with Crippen molar-refractivity contribution in [2.75, 3.05) is 33.5 Å². The summed E-state index contributed by atoms with van der Waals surface area (Å²) in [6.07, 6.45) is 16.6. The van der Waals surface area contributed by atoms with Crippen molar-refractivity contribution < 1.29 is 34.1 Å². The fraction of sp³-hybridized carbons (Fsp3) is 0.551. The third kappa shape index (κ3) is 8.87. The number of carbonyl (C=O) groups is 1. The van der Waals surface area contributed by atoms with Crippen LogP contribution in [0.25, 0.3) is 10.8 Å². The largest absolute Gasteiger partial charge is 0.459 e. The Balaban J connectivity index is 1.38. The Morgan fingerprint density at radius 3 is 2.45 bits per heavy atom. The number of aliphatic hydroxyl groups excluding tert-OH is 2. The van der Waals surface area contributed by atoms with Gasteiger partial charge in [-0.25, -0.2) is 0 Å². The molecule has 0 unspecified atom stereocenters. The molecule has 3 aromatic rings. The van der Waals surface area contributed by atoms with Crippen molar-refractivity contribution in [3.8, 4) is 17.2 Å². The molecule has 312 valence electrons. The summed E-state index contributed by atoms with van der Waals surface area (Å²) in [4.78, 5) is 22.3. The normalized spacial score (nSPS) is 25.8. The number of amides is 1. The van der Waals surface area contributed by atoms with Crippen LogP contribution in [0.3, 0.4) is 0 Å². The van der Waals surface area contributed by atoms with Gasteiger partial charge in [0.05, 0.1) is 18.2 Å². The molecule has 2 saturated carbocycles. The quantitative estimate of drug-likeness (QED) is 0.0666. The van der Waals surface area contributed by atoms with E-state index in [1.54, 1.807) is 13.2 Å². The van der Waals surface area contributed by atoms with Crippen LogP contribution in [0, 0.1) is 23.7 Å². The average Bonchev–Trinajstić information content (AvgIpc) is 3.77. The number of rotatable bonds is 20. The van der Waals surface area contributed by atoms with Crippen molar-refractivity contribution in [2.45, 2.75) is 115 Å². The zero-order valence-corrected chi connectivity index (χ0v) is 34.7. The van der Waals surface area contributed by atoms with Crippen LogP contribution in [0.1, 0.15) is 108 Å². The fourth-order valence-electron chi connectivity index (χ4n) is 10.7. The SMILES string of the molecule is C=CCO[C@@]12Oc3ccc(Oc4ccc5ccccc5c4)cc3[C@H]3[C@H](CCCCO)[C@@H](CCCCO)C=C(C(=NOC)C[C@@H]1N(CCC)C(=O)CCC1CCCC1)[C@H]32. The fourth-order valence-corrected chi connectivity index (χ4v) is 10.7. The summed E-state index contributed by atoms with van der Waals surface area (Å²) in [5.41, 5.74) is 2.91. The maximum atomic E-state index is 14.6. The summed E-state index contributed by atoms with van der Waals surface area (Å²) in [6.45, 7) is 7.28. The van der Waals surface area contributed by atoms with E-state index in [2.05, 4.69) is 49.9 Å². The second-order valence-electron chi connectivity index (χ2n) is 16.8. The van der Waals surface area contributed by atoms with Gasteiger partial charge in [0.2, 0.25) is 11.7 Å². The maximum absolute atomic E-state index is 14.6. The van der Waals surface area contributed by atoms with Crippen LogP contribution in [0.15, 0.2) is 90.1 Å². The molecular formula is C49H64N2O7. The molecule has 1 aliphatic heterocycles. The number of fused-ring (bicyclic) bond motifs is 3. The first-order chi connectivity index (χ1) is 28.4. The molecule has 58 heavy (non-hydrogen) atoms. The number of nitrogens with zero attached hydrogens (tertiary/aromatic N) is 2. The molecule has 0 bridgehead atoms. The molecule has 2 fully saturated rings. The van der Waals surface area contributed by atoms with E-state index >= 15 is 0 Å². The van der Waals surface area contributed by atoms with Gasteiger partial charge in [-0.1, -0.05) is 93.1 Å². The summed E-state index contributed by atoms with van der Waals surface area (Å²) >= 11 is 0. The van der Waals surface area contributed by atoms with Crippen LogP contribution >= 0.6 is 0 Å². The molecule has 3 aliphatic carbocycles. The van der Waals surface area contributed by atoms with Crippen molar-refractivity contribution in [1.29, 1.82) is 0 Å². The molecule has 0 radical (unpaired) electrons. The van der Waals surface area contributed by atoms with Crippen molar-refractivity contribution in [2.24, 2.45) is 28.8 Å². The molecule has 9 heteroatoms. The van der Waals surface area contributed by atoms with Crippen LogP contribution in [0.5, 0.6) is 17.2 Å². The Labute approximate surface area is 345 Å². The van der Waals surface area contributed by atoms with Crippen LogP contribution in [0.2, 0.25) is 0 Å². The highest BCUT2D eigenvalue weighted by Gasteiger charge is 2.65. The van der Waals surface area contributed by atoms with Gasteiger partial charge in [-0.15, -0.1) is 6.58 Å². The lowest BCUT2D eigenvalue weighted by atomic mass is 9.55. The maximum Gasteiger partial charge on any atom is 0.239 e. The average molecular weight is 793 g/mol. The predicted molar refractivity (Wildman–Crippen MR) is 229 cm³/mol. The number of hydrogen-bond acceptors (Lipinski definition) is 8. The van der Waals surface area contributed by atoms with E-state index in [1.165, 1.54) is 25.7 Å². The molecule has 1 amide bonds. The standard InChI is InChI=1S/C49H64N2O7/c1-4-26-51(46(54)25-20-34-14-6-7-15-34)45-33-43(50-55-3)41-31-37(18-10-12-27-52)40(19-11-13-28-53)47-42-32-39(57-38-22-21-35-16-8-9-17-36(35)30-38)23-24-44(42)58-49(45,48(41)47)56-29-5-2/h5,8-9,16-17,21-24,30-32,34,37,40,45,47-48,52-53H,2,4,6-7,10-15,18-20,25-29,33H2,1,3H3/t37-,40+,45-,47+,48+,49+/m0/s1. The minimum absolute atomic E-state index is 0.103. The van der Waals surface area contributed by atoms with Gasteiger partial charge in [0, 0.05) is 44.1 Å². The first kappa shape index (κ1) is 42.0. The summed E-state index contributed by atoms with van der Waals surface area (Å²) in [5, 5.41) is 26.8. The van der Waals surface area contributed by atoms with Crippen molar-refractivity contribution >= 4 is 22.4 Å². The molecule has 0 spiro atoms. The lowest BCUT2D eigenvalue weighted by Gasteiger charge is -2.60. The molecule has 1 heterocycles. The van der Waals surface area contributed by atoms with E-state index in [4.69, 9.17) is 24.2 Å². The Bertz CT molecular complexity index is 1920. The van der Waals surface area contributed by atoms with Crippen LogP contribution in [-0.4, -0.2) is 72.0 Å². The number of ether oxygens (including phenoxy) is 3. The molecule has 0 aromatic heterocycles. The highest BCUT2D eigenvalue weighted by Crippen LogP contribution is 2.62. The highest BCUT2D eigenvalue weighted by atomic mass is 16.7. The van der Waals surface area contributed by atoms with E-state index in [0.29, 0.717) is 37.5 Å². The van der Waals surface area contributed by atoms with E-state index in [9.17, 15) is 15.0 Å². The lowest BCUT2D eigenvalue weighted by Crippen LogP contribution is -2.70. The smallest absolute Gasteiger partial charge is 0.239 e. The predicted octanol–water partition coefficient (Wildman–Crippen LogP) is 10.1. The Hall–Kier alpha value is -4.18. The third-order valence-corrected chi connectivity index (χ3v) is 13.2. The number of carbonyl (C=O) groups excluding carboxylic acids is 1. The number of aliphatic hydroxyl groups is 2. The van der Waals surface area contributed by atoms with Crippen molar-refractivity contribution in [1.82, 2.24) is 4.90 Å². The molecule has 2 N–H and O–H groups in total. The van der Waals surface area contributed by atoms with Crippen molar-refractivity contribution in [3.63, 3.8) is 0 Å². The van der Waals surface area contributed by atoms with Crippen LogP contribution in [0.4, 0.5) is 0 Å².